The fraction of sp³-hybridized carbons (Fsp3) is 1.00. The number of hydrogen-bond acceptors (Lipinski definition) is 1. The average molecular weight is 189 g/mol. The van der Waals surface area contributed by atoms with Crippen LogP contribution in [0.3, 0.4) is 0 Å². The van der Waals surface area contributed by atoms with Gasteiger partial charge in [-0.2, -0.15) is 0 Å². The summed E-state index contributed by atoms with van der Waals surface area (Å²) in [6.45, 7) is 9.28. The van der Waals surface area contributed by atoms with Crippen molar-refractivity contribution >= 4 is 11.0 Å². The van der Waals surface area contributed by atoms with E-state index in [9.17, 15) is 4.21 Å². The van der Waals surface area contributed by atoms with Crippen LogP contribution >= 0.6 is 0 Å². The Morgan fingerprint density at radius 3 is 2.33 bits per heavy atom. The van der Waals surface area contributed by atoms with Crippen LogP contribution in [0.4, 0.5) is 0 Å². The smallest absolute Gasteiger partial charge is 0.0999 e. The van der Waals surface area contributed by atoms with Crippen LogP contribution in [0.25, 0.3) is 0 Å². The van der Waals surface area contributed by atoms with E-state index < -0.39 is 11.0 Å². The van der Waals surface area contributed by atoms with Gasteiger partial charge in [0.25, 0.3) is 0 Å². The molecule has 0 aliphatic carbocycles. The molecule has 0 aromatic carbocycles. The van der Waals surface area contributed by atoms with Gasteiger partial charge in [-0.1, -0.05) is 0 Å². The molecule has 2 nitrogen and oxygen atoms in total. The second-order valence-corrected chi connectivity index (χ2v) is 6.69. The third kappa shape index (κ3) is 2.07. The maximum absolute atomic E-state index is 11.9. The lowest BCUT2D eigenvalue weighted by Gasteiger charge is -2.28. The van der Waals surface area contributed by atoms with Crippen molar-refractivity contribution in [3.8, 4) is 0 Å². The number of rotatable bonds is 1. The molecule has 0 unspecified atom stereocenters. The van der Waals surface area contributed by atoms with E-state index in [1.807, 2.05) is 20.8 Å². The average Bonchev–Trinajstić information content (AvgIpc) is 2.31. The lowest BCUT2D eigenvalue weighted by Crippen LogP contribution is -2.39. The van der Waals surface area contributed by atoms with Gasteiger partial charge in [0.2, 0.25) is 0 Å². The Hall–Kier alpha value is 0.110. The van der Waals surface area contributed by atoms with E-state index in [-0.39, 0.29) is 4.75 Å². The molecule has 12 heavy (non-hydrogen) atoms. The van der Waals surface area contributed by atoms with Crippen molar-refractivity contribution in [1.82, 2.24) is 4.31 Å². The summed E-state index contributed by atoms with van der Waals surface area (Å²) in [4.78, 5) is 0. The molecule has 1 fully saturated rings. The predicted molar refractivity (Wildman–Crippen MR) is 53.3 cm³/mol. The van der Waals surface area contributed by atoms with Crippen LogP contribution < -0.4 is 0 Å². The predicted octanol–water partition coefficient (Wildman–Crippen LogP) is 1.93. The quantitative estimate of drug-likeness (QED) is 0.617. The van der Waals surface area contributed by atoms with E-state index >= 15 is 0 Å². The van der Waals surface area contributed by atoms with Gasteiger partial charge in [-0.15, -0.1) is 0 Å². The van der Waals surface area contributed by atoms with Crippen LogP contribution in [0.2, 0.25) is 0 Å². The Balaban J connectivity index is 2.64. The van der Waals surface area contributed by atoms with Crippen LogP contribution in [-0.4, -0.2) is 25.8 Å². The zero-order valence-corrected chi connectivity index (χ0v) is 9.28. The van der Waals surface area contributed by atoms with Gasteiger partial charge in [-0.25, -0.2) is 8.51 Å². The minimum Gasteiger partial charge on any atom is -0.242 e. The van der Waals surface area contributed by atoms with Crippen molar-refractivity contribution in [2.45, 2.75) is 51.3 Å². The molecule has 1 aliphatic heterocycles. The molecule has 1 rings (SSSR count). The Morgan fingerprint density at radius 1 is 1.42 bits per heavy atom. The fourth-order valence-electron chi connectivity index (χ4n) is 1.51. The fourth-order valence-corrected chi connectivity index (χ4v) is 2.94. The van der Waals surface area contributed by atoms with Gasteiger partial charge < -0.3 is 0 Å². The van der Waals surface area contributed by atoms with E-state index in [0.29, 0.717) is 6.04 Å². The van der Waals surface area contributed by atoms with Crippen molar-refractivity contribution in [1.29, 1.82) is 0 Å². The molecular weight excluding hydrogens is 170 g/mol. The van der Waals surface area contributed by atoms with Crippen molar-refractivity contribution in [2.75, 3.05) is 6.54 Å². The van der Waals surface area contributed by atoms with Crippen LogP contribution in [0.15, 0.2) is 0 Å². The molecule has 0 bridgehead atoms. The van der Waals surface area contributed by atoms with Gasteiger partial charge >= 0.3 is 0 Å². The topological polar surface area (TPSA) is 20.3 Å². The van der Waals surface area contributed by atoms with Crippen LogP contribution in [0, 0.1) is 0 Å². The molecule has 1 heterocycles. The first kappa shape index (κ1) is 10.2. The van der Waals surface area contributed by atoms with E-state index in [4.69, 9.17) is 0 Å². The summed E-state index contributed by atoms with van der Waals surface area (Å²) in [5.74, 6) is 0. The summed E-state index contributed by atoms with van der Waals surface area (Å²) in [5, 5.41) is 0. The molecular formula is C9H19NOS. The van der Waals surface area contributed by atoms with Crippen LogP contribution in [0.1, 0.15) is 40.5 Å². The molecule has 0 aromatic rings. The Labute approximate surface area is 77.9 Å². The molecule has 0 saturated carbocycles. The highest BCUT2D eigenvalue weighted by atomic mass is 32.2. The first-order valence-corrected chi connectivity index (χ1v) is 5.72. The zero-order chi connectivity index (χ0) is 9.35. The van der Waals surface area contributed by atoms with E-state index in [1.165, 1.54) is 12.8 Å². The highest BCUT2D eigenvalue weighted by Crippen LogP contribution is 2.24. The molecule has 0 N–H and O–H groups in total. The number of hydrogen-bond donors (Lipinski definition) is 0. The number of nitrogens with zero attached hydrogens (tertiary/aromatic N) is 1. The molecule has 3 heteroatoms. The summed E-state index contributed by atoms with van der Waals surface area (Å²) in [6.07, 6.45) is 2.39. The summed E-state index contributed by atoms with van der Waals surface area (Å²) >= 11 is 0. The van der Waals surface area contributed by atoms with Crippen molar-refractivity contribution in [2.24, 2.45) is 0 Å². The molecule has 1 saturated heterocycles. The third-order valence-electron chi connectivity index (χ3n) is 2.23. The van der Waals surface area contributed by atoms with Crippen LogP contribution in [0.5, 0.6) is 0 Å². The summed E-state index contributed by atoms with van der Waals surface area (Å²) < 4.78 is 13.9. The Morgan fingerprint density at radius 2 is 2.00 bits per heavy atom. The van der Waals surface area contributed by atoms with Gasteiger partial charge in [0, 0.05) is 12.6 Å². The lowest BCUT2D eigenvalue weighted by molar-refractivity contribution is 0.428. The molecule has 2 atom stereocenters. The monoisotopic (exact) mass is 189 g/mol. The van der Waals surface area contributed by atoms with Crippen molar-refractivity contribution in [3.63, 3.8) is 0 Å². The molecule has 0 spiro atoms. The zero-order valence-electron chi connectivity index (χ0n) is 8.46. The SMILES string of the molecule is C[C@H]1CCCN1[S@](=O)C(C)(C)C. The third-order valence-corrected chi connectivity index (χ3v) is 4.25. The van der Waals surface area contributed by atoms with Gasteiger partial charge in [-0.3, -0.25) is 0 Å². The van der Waals surface area contributed by atoms with Gasteiger partial charge in [-0.05, 0) is 40.5 Å². The highest BCUT2D eigenvalue weighted by Gasteiger charge is 2.32. The maximum atomic E-state index is 11.9. The normalized spacial score (nSPS) is 29.2. The Bertz CT molecular complexity index is 185. The minimum atomic E-state index is -0.809. The summed E-state index contributed by atoms with van der Waals surface area (Å²) in [7, 11) is -0.809. The lowest BCUT2D eigenvalue weighted by atomic mass is 10.3. The second kappa shape index (κ2) is 3.46. The van der Waals surface area contributed by atoms with Crippen LogP contribution in [-0.2, 0) is 11.0 Å². The molecule has 72 valence electrons. The van der Waals surface area contributed by atoms with Crippen molar-refractivity contribution < 1.29 is 4.21 Å². The van der Waals surface area contributed by atoms with Crippen molar-refractivity contribution in [3.05, 3.63) is 0 Å². The maximum Gasteiger partial charge on any atom is 0.0999 e. The molecule has 1 aliphatic rings. The van der Waals surface area contributed by atoms with E-state index in [2.05, 4.69) is 11.2 Å². The Kier molecular flexibility index (Phi) is 2.94. The first-order valence-electron chi connectivity index (χ1n) is 4.61. The van der Waals surface area contributed by atoms with E-state index in [0.717, 1.165) is 6.54 Å². The highest BCUT2D eigenvalue weighted by molar-refractivity contribution is 7.84. The van der Waals surface area contributed by atoms with Gasteiger partial charge in [0.1, 0.15) is 0 Å². The largest absolute Gasteiger partial charge is 0.242 e. The summed E-state index contributed by atoms with van der Waals surface area (Å²) in [5.41, 5.74) is 0. The first-order chi connectivity index (χ1) is 5.43. The molecule has 0 radical (unpaired) electrons. The molecule has 0 amide bonds. The molecule has 0 aromatic heterocycles. The standard InChI is InChI=1S/C9H19NOS/c1-8-6-5-7-10(8)12(11)9(2,3)4/h8H,5-7H2,1-4H3/t8-,12+/m0/s1. The second-order valence-electron chi connectivity index (χ2n) is 4.49. The minimum absolute atomic E-state index is 0.0986. The van der Waals surface area contributed by atoms with Gasteiger partial charge in [0.15, 0.2) is 0 Å². The van der Waals surface area contributed by atoms with E-state index in [1.54, 1.807) is 0 Å². The summed E-state index contributed by atoms with van der Waals surface area (Å²) in [6, 6.07) is 0.505. The van der Waals surface area contributed by atoms with Gasteiger partial charge in [0.05, 0.1) is 15.7 Å².